The highest BCUT2D eigenvalue weighted by Gasteiger charge is 2.15. The van der Waals surface area contributed by atoms with E-state index in [1.54, 1.807) is 0 Å². The summed E-state index contributed by atoms with van der Waals surface area (Å²) in [5, 5.41) is 9.57. The molecular weight excluding hydrogens is 1100 g/mol. The van der Waals surface area contributed by atoms with E-state index in [4.69, 9.17) is 18.9 Å². The van der Waals surface area contributed by atoms with Crippen LogP contribution in [-0.4, -0.2) is 111 Å². The van der Waals surface area contributed by atoms with Crippen LogP contribution in [0.2, 0.25) is 0 Å². The monoisotopic (exact) mass is 1250 g/mol. The summed E-state index contributed by atoms with van der Waals surface area (Å²) in [6.07, 6.45) is 59.1. The zero-order valence-electron chi connectivity index (χ0n) is 59.6. The predicted octanol–water partition coefficient (Wildman–Crippen LogP) is 21.4. The second-order valence-corrected chi connectivity index (χ2v) is 27.0. The number of esters is 4. The van der Waals surface area contributed by atoms with Gasteiger partial charge in [-0.25, -0.2) is 0 Å². The summed E-state index contributed by atoms with van der Waals surface area (Å²) >= 11 is 0. The fourth-order valence-corrected chi connectivity index (χ4v) is 12.7. The van der Waals surface area contributed by atoms with E-state index in [1.807, 2.05) is 0 Å². The van der Waals surface area contributed by atoms with Gasteiger partial charge in [0.15, 0.2) is 0 Å². The number of aliphatic hydroxyl groups is 1. The molecule has 0 aromatic carbocycles. The van der Waals surface area contributed by atoms with Crippen LogP contribution in [0.25, 0.3) is 0 Å². The molecule has 0 aliphatic rings. The van der Waals surface area contributed by atoms with Gasteiger partial charge in [0.25, 0.3) is 0 Å². The Labute approximate surface area is 546 Å². The van der Waals surface area contributed by atoms with Gasteiger partial charge in [-0.05, 0) is 134 Å². The Balaban J connectivity index is 4.73. The van der Waals surface area contributed by atoms with E-state index in [1.165, 1.54) is 193 Å². The maximum absolute atomic E-state index is 12.8. The first kappa shape index (κ1) is 85.8. The zero-order chi connectivity index (χ0) is 64.3. The van der Waals surface area contributed by atoms with Gasteiger partial charge in [0.05, 0.1) is 26.4 Å². The highest BCUT2D eigenvalue weighted by Crippen LogP contribution is 2.25. The quantitative estimate of drug-likeness (QED) is 0.0355. The molecule has 11 nitrogen and oxygen atoms in total. The smallest absolute Gasteiger partial charge is 0.305 e. The second-order valence-electron chi connectivity index (χ2n) is 27.0. The molecule has 0 aliphatic carbocycles. The van der Waals surface area contributed by atoms with E-state index in [0.717, 1.165) is 161 Å². The first-order valence-corrected chi connectivity index (χ1v) is 38.8. The molecule has 1 N–H and O–H groups in total. The van der Waals surface area contributed by atoms with Crippen molar-refractivity contribution in [3.05, 3.63) is 0 Å². The molecule has 0 spiro atoms. The second kappa shape index (κ2) is 69.1. The van der Waals surface area contributed by atoms with Crippen LogP contribution in [0.15, 0.2) is 0 Å². The lowest BCUT2D eigenvalue weighted by molar-refractivity contribution is -0.145. The summed E-state index contributed by atoms with van der Waals surface area (Å²) in [5.74, 6) is 1.90. The Morgan fingerprint density at radius 3 is 0.761 bits per heavy atom. The third-order valence-corrected chi connectivity index (χ3v) is 18.6. The summed E-state index contributed by atoms with van der Waals surface area (Å²) in [5.41, 5.74) is 0. The van der Waals surface area contributed by atoms with Gasteiger partial charge < -0.3 is 33.9 Å². The van der Waals surface area contributed by atoms with Crippen LogP contribution in [0.4, 0.5) is 0 Å². The molecule has 0 radical (unpaired) electrons. The fraction of sp³-hybridized carbons (Fsp3) is 0.948. The Kier molecular flexibility index (Phi) is 67.4. The van der Waals surface area contributed by atoms with E-state index < -0.39 is 0 Å². The van der Waals surface area contributed by atoms with E-state index in [2.05, 4.69) is 51.3 Å². The minimum Gasteiger partial charge on any atom is -0.466 e. The van der Waals surface area contributed by atoms with Crippen LogP contribution < -0.4 is 0 Å². The van der Waals surface area contributed by atoms with Crippen molar-refractivity contribution in [3.8, 4) is 0 Å². The molecule has 0 aromatic heterocycles. The number of carbonyl (C=O) groups excluding carboxylic acids is 4. The van der Waals surface area contributed by atoms with Gasteiger partial charge in [0, 0.05) is 38.8 Å². The molecule has 0 bridgehead atoms. The highest BCUT2D eigenvalue weighted by atomic mass is 16.5. The predicted molar refractivity (Wildman–Crippen MR) is 373 cm³/mol. The van der Waals surface area contributed by atoms with Crippen molar-refractivity contribution in [1.29, 1.82) is 0 Å². The minimum atomic E-state index is -0.107. The van der Waals surface area contributed by atoms with Gasteiger partial charge in [0.1, 0.15) is 0 Å². The molecule has 0 aromatic rings. The number of nitrogens with zero attached hydrogens (tertiary/aromatic N) is 2. The number of ether oxygens (including phenoxy) is 4. The molecule has 0 atom stereocenters. The Bertz CT molecular complexity index is 1390. The SMILES string of the molecule is CCCCCC(CCCCC)CCOC(=O)CCCCCCCCN(CCCCCCCCC(=O)OCCC(CCCCC)CCCCC)CCCCOC(=O)CCCN(CCCO)CCCCCCCCC(=O)OCCC(CCCCC)CCCCC. The lowest BCUT2D eigenvalue weighted by atomic mass is 9.92. The van der Waals surface area contributed by atoms with Crippen molar-refractivity contribution in [2.45, 2.75) is 382 Å². The van der Waals surface area contributed by atoms with Gasteiger partial charge in [-0.1, -0.05) is 273 Å². The van der Waals surface area contributed by atoms with Crippen molar-refractivity contribution in [1.82, 2.24) is 9.80 Å². The standard InChI is InChI=1S/C77H150N2O9/c1-7-13-31-47-71(48-32-14-8-2)57-68-86-74(81)53-37-25-19-22-28-40-60-78(61-41-29-23-20-26-38-54-75(82)87-69-58-72(49-33-15-9-3)50-34-16-10-4)63-43-44-67-85-77(84)56-45-64-79(65-46-66-80)62-42-30-24-21-27-39-55-76(83)88-70-59-73(51-35-17-11-5)52-36-18-12-6/h71-73,80H,7-70H2,1-6H3. The summed E-state index contributed by atoms with van der Waals surface area (Å²) in [7, 11) is 0. The zero-order valence-corrected chi connectivity index (χ0v) is 59.6. The lowest BCUT2D eigenvalue weighted by Crippen LogP contribution is -2.28. The lowest BCUT2D eigenvalue weighted by Gasteiger charge is -2.22. The summed E-state index contributed by atoms with van der Waals surface area (Å²) < 4.78 is 22.8. The van der Waals surface area contributed by atoms with Gasteiger partial charge in [-0.3, -0.25) is 19.2 Å². The number of carbonyl (C=O) groups is 4. The van der Waals surface area contributed by atoms with E-state index in [-0.39, 0.29) is 30.5 Å². The van der Waals surface area contributed by atoms with Gasteiger partial charge in [0.2, 0.25) is 0 Å². The third-order valence-electron chi connectivity index (χ3n) is 18.6. The maximum Gasteiger partial charge on any atom is 0.305 e. The Morgan fingerprint density at radius 1 is 0.250 bits per heavy atom. The fourth-order valence-electron chi connectivity index (χ4n) is 12.7. The maximum atomic E-state index is 12.8. The molecule has 0 heterocycles. The largest absolute Gasteiger partial charge is 0.466 e. The molecule has 0 unspecified atom stereocenters. The minimum absolute atomic E-state index is 0.0183. The molecule has 0 fully saturated rings. The van der Waals surface area contributed by atoms with E-state index in [0.29, 0.717) is 69.9 Å². The summed E-state index contributed by atoms with van der Waals surface area (Å²) in [6, 6.07) is 0. The average Bonchev–Trinajstić information content (AvgIpc) is 3.52. The van der Waals surface area contributed by atoms with E-state index in [9.17, 15) is 24.3 Å². The van der Waals surface area contributed by atoms with Gasteiger partial charge >= 0.3 is 23.9 Å². The first-order chi connectivity index (χ1) is 43.1. The first-order valence-electron chi connectivity index (χ1n) is 38.8. The van der Waals surface area contributed by atoms with Gasteiger partial charge in [-0.2, -0.15) is 0 Å². The molecule has 522 valence electrons. The molecule has 0 rings (SSSR count). The van der Waals surface area contributed by atoms with Crippen LogP contribution >= 0.6 is 0 Å². The number of unbranched alkanes of at least 4 members (excludes halogenated alkanes) is 28. The molecule has 0 saturated heterocycles. The molecule has 11 heteroatoms. The molecule has 0 amide bonds. The van der Waals surface area contributed by atoms with Crippen LogP contribution in [0.3, 0.4) is 0 Å². The molecule has 0 saturated carbocycles. The van der Waals surface area contributed by atoms with Crippen LogP contribution in [0, 0.1) is 17.8 Å². The molecule has 88 heavy (non-hydrogen) atoms. The Hall–Kier alpha value is -2.24. The number of hydrogen-bond acceptors (Lipinski definition) is 11. The van der Waals surface area contributed by atoms with Crippen molar-refractivity contribution in [2.24, 2.45) is 17.8 Å². The van der Waals surface area contributed by atoms with Crippen LogP contribution in [-0.2, 0) is 38.1 Å². The molecule has 0 aliphatic heterocycles. The number of rotatable bonds is 72. The van der Waals surface area contributed by atoms with Crippen molar-refractivity contribution < 1.29 is 43.2 Å². The third kappa shape index (κ3) is 61.3. The number of hydrogen-bond donors (Lipinski definition) is 1. The number of aliphatic hydroxyl groups excluding tert-OH is 1. The normalized spacial score (nSPS) is 11.8. The highest BCUT2D eigenvalue weighted by molar-refractivity contribution is 5.70. The summed E-state index contributed by atoms with van der Waals surface area (Å²) in [6.45, 7) is 21.8. The van der Waals surface area contributed by atoms with Crippen molar-refractivity contribution in [3.63, 3.8) is 0 Å². The van der Waals surface area contributed by atoms with Crippen molar-refractivity contribution in [2.75, 3.05) is 72.3 Å². The van der Waals surface area contributed by atoms with Crippen molar-refractivity contribution >= 4 is 23.9 Å². The summed E-state index contributed by atoms with van der Waals surface area (Å²) in [4.78, 5) is 55.4. The Morgan fingerprint density at radius 2 is 0.477 bits per heavy atom. The topological polar surface area (TPSA) is 132 Å². The van der Waals surface area contributed by atoms with Crippen LogP contribution in [0.1, 0.15) is 382 Å². The van der Waals surface area contributed by atoms with Gasteiger partial charge in [-0.15, -0.1) is 0 Å². The van der Waals surface area contributed by atoms with E-state index >= 15 is 0 Å². The molecular formula is C77H150N2O9. The average molecular weight is 1250 g/mol. The van der Waals surface area contributed by atoms with Crippen LogP contribution in [0.5, 0.6) is 0 Å².